The van der Waals surface area contributed by atoms with E-state index in [0.29, 0.717) is 17.9 Å². The Labute approximate surface area is 121 Å². The summed E-state index contributed by atoms with van der Waals surface area (Å²) in [6, 6.07) is 0.0938. The maximum atomic E-state index is 12.8. The third kappa shape index (κ3) is 2.23. The van der Waals surface area contributed by atoms with Crippen LogP contribution in [-0.4, -0.2) is 58.4 Å². The SMILES string of the molecule is Cc1oc2nc[nH]c(=O)c2c1C(=O)N1CCN(C)CC1C. The van der Waals surface area contributed by atoms with Gasteiger partial charge in [-0.3, -0.25) is 9.59 Å². The van der Waals surface area contributed by atoms with Crippen molar-refractivity contribution in [2.75, 3.05) is 26.7 Å². The fourth-order valence-corrected chi connectivity index (χ4v) is 2.90. The summed E-state index contributed by atoms with van der Waals surface area (Å²) in [5.41, 5.74) is 0.194. The van der Waals surface area contributed by atoms with Crippen LogP contribution in [0.25, 0.3) is 11.1 Å². The van der Waals surface area contributed by atoms with Gasteiger partial charge < -0.3 is 19.2 Å². The van der Waals surface area contributed by atoms with Crippen molar-refractivity contribution in [1.82, 2.24) is 19.8 Å². The molecule has 0 saturated carbocycles. The van der Waals surface area contributed by atoms with Crippen molar-refractivity contribution in [1.29, 1.82) is 0 Å². The van der Waals surface area contributed by atoms with Crippen LogP contribution < -0.4 is 5.56 Å². The molecular formula is C14H18N4O3. The lowest BCUT2D eigenvalue weighted by Gasteiger charge is -2.38. The Kier molecular flexibility index (Phi) is 3.29. The number of carbonyl (C=O) groups is 1. The molecule has 21 heavy (non-hydrogen) atoms. The topological polar surface area (TPSA) is 82.4 Å². The highest BCUT2D eigenvalue weighted by atomic mass is 16.3. The molecule has 0 aliphatic carbocycles. The van der Waals surface area contributed by atoms with Crippen LogP contribution in [0, 0.1) is 6.92 Å². The fourth-order valence-electron chi connectivity index (χ4n) is 2.90. The van der Waals surface area contributed by atoms with Crippen molar-refractivity contribution < 1.29 is 9.21 Å². The number of hydrogen-bond donors (Lipinski definition) is 1. The number of nitrogens with one attached hydrogen (secondary N) is 1. The molecule has 0 aromatic carbocycles. The largest absolute Gasteiger partial charge is 0.442 e. The first-order valence-electron chi connectivity index (χ1n) is 6.95. The number of aryl methyl sites for hydroxylation is 1. The summed E-state index contributed by atoms with van der Waals surface area (Å²) in [4.78, 5) is 35.3. The lowest BCUT2D eigenvalue weighted by atomic mass is 10.1. The monoisotopic (exact) mass is 290 g/mol. The van der Waals surface area contributed by atoms with Crippen molar-refractivity contribution >= 4 is 17.0 Å². The number of aromatic amines is 1. The summed E-state index contributed by atoms with van der Waals surface area (Å²) < 4.78 is 5.46. The van der Waals surface area contributed by atoms with Crippen molar-refractivity contribution in [2.24, 2.45) is 0 Å². The van der Waals surface area contributed by atoms with Gasteiger partial charge in [-0.25, -0.2) is 4.98 Å². The number of nitrogens with zero attached hydrogens (tertiary/aromatic N) is 3. The zero-order valence-corrected chi connectivity index (χ0v) is 12.3. The van der Waals surface area contributed by atoms with E-state index < -0.39 is 0 Å². The van der Waals surface area contributed by atoms with Gasteiger partial charge in [0.1, 0.15) is 11.1 Å². The van der Waals surface area contributed by atoms with Crippen LogP contribution in [0.1, 0.15) is 23.0 Å². The van der Waals surface area contributed by atoms with E-state index in [1.54, 1.807) is 11.8 Å². The molecule has 2 aromatic rings. The normalized spacial score (nSPS) is 20.1. The zero-order chi connectivity index (χ0) is 15.1. The van der Waals surface area contributed by atoms with Gasteiger partial charge in [-0.05, 0) is 20.9 Å². The highest BCUT2D eigenvalue weighted by molar-refractivity contribution is 6.06. The molecule has 0 bridgehead atoms. The van der Waals surface area contributed by atoms with Gasteiger partial charge in [0.05, 0.1) is 11.9 Å². The summed E-state index contributed by atoms with van der Waals surface area (Å²) in [7, 11) is 2.03. The van der Waals surface area contributed by atoms with Crippen LogP contribution in [0.5, 0.6) is 0 Å². The maximum Gasteiger partial charge on any atom is 0.262 e. The molecule has 7 nitrogen and oxygen atoms in total. The summed E-state index contributed by atoms with van der Waals surface area (Å²) in [6.45, 7) is 5.97. The van der Waals surface area contributed by atoms with E-state index in [4.69, 9.17) is 4.42 Å². The molecular weight excluding hydrogens is 272 g/mol. The van der Waals surface area contributed by atoms with Gasteiger partial charge in [-0.15, -0.1) is 0 Å². The van der Waals surface area contributed by atoms with E-state index >= 15 is 0 Å². The van der Waals surface area contributed by atoms with E-state index in [0.717, 1.165) is 13.1 Å². The van der Waals surface area contributed by atoms with E-state index in [1.807, 2.05) is 14.0 Å². The number of likely N-dealkylation sites (N-methyl/N-ethyl adjacent to an activating group) is 1. The molecule has 0 radical (unpaired) electrons. The Morgan fingerprint density at radius 2 is 2.24 bits per heavy atom. The highest BCUT2D eigenvalue weighted by Gasteiger charge is 2.31. The number of fused-ring (bicyclic) bond motifs is 1. The first kappa shape index (κ1) is 13.8. The molecule has 7 heteroatoms. The van der Waals surface area contributed by atoms with E-state index in [9.17, 15) is 9.59 Å². The van der Waals surface area contributed by atoms with Crippen LogP contribution in [0.15, 0.2) is 15.5 Å². The van der Waals surface area contributed by atoms with E-state index in [2.05, 4.69) is 14.9 Å². The third-order valence-electron chi connectivity index (χ3n) is 3.98. The summed E-state index contributed by atoms with van der Waals surface area (Å²) in [5, 5.41) is 0.242. The minimum Gasteiger partial charge on any atom is -0.442 e. The predicted molar refractivity (Wildman–Crippen MR) is 77.4 cm³/mol. The van der Waals surface area contributed by atoms with Gasteiger partial charge in [-0.2, -0.15) is 0 Å². The summed E-state index contributed by atoms with van der Waals surface area (Å²) >= 11 is 0. The second-order valence-corrected chi connectivity index (χ2v) is 5.55. The molecule has 1 fully saturated rings. The van der Waals surface area contributed by atoms with Crippen LogP contribution in [0.4, 0.5) is 0 Å². The first-order chi connectivity index (χ1) is 9.99. The van der Waals surface area contributed by atoms with E-state index in [-0.39, 0.29) is 28.6 Å². The smallest absolute Gasteiger partial charge is 0.262 e. The zero-order valence-electron chi connectivity index (χ0n) is 12.3. The van der Waals surface area contributed by atoms with Crippen molar-refractivity contribution in [3.05, 3.63) is 28.0 Å². The second kappa shape index (κ2) is 5.00. The lowest BCUT2D eigenvalue weighted by Crippen LogP contribution is -2.52. The number of amides is 1. The van der Waals surface area contributed by atoms with Gasteiger partial charge in [0.2, 0.25) is 5.71 Å². The van der Waals surface area contributed by atoms with Crippen molar-refractivity contribution in [3.63, 3.8) is 0 Å². The fraction of sp³-hybridized carbons (Fsp3) is 0.500. The van der Waals surface area contributed by atoms with Gasteiger partial charge in [0, 0.05) is 25.7 Å². The summed E-state index contributed by atoms with van der Waals surface area (Å²) in [6.07, 6.45) is 1.28. The molecule has 0 spiro atoms. The molecule has 1 unspecified atom stereocenters. The Morgan fingerprint density at radius 3 is 2.95 bits per heavy atom. The molecule has 1 amide bonds. The average molecular weight is 290 g/mol. The van der Waals surface area contributed by atoms with Crippen LogP contribution in [0.2, 0.25) is 0 Å². The number of H-pyrrole nitrogens is 1. The first-order valence-corrected chi connectivity index (χ1v) is 6.95. The average Bonchev–Trinajstić information content (AvgIpc) is 2.75. The minimum absolute atomic E-state index is 0.0938. The summed E-state index contributed by atoms with van der Waals surface area (Å²) in [5.74, 6) is 0.274. The van der Waals surface area contributed by atoms with E-state index in [1.165, 1.54) is 6.33 Å². The molecule has 1 N–H and O–H groups in total. The number of piperazine rings is 1. The maximum absolute atomic E-state index is 12.8. The quantitative estimate of drug-likeness (QED) is 0.831. The number of carbonyl (C=O) groups excluding carboxylic acids is 1. The third-order valence-corrected chi connectivity index (χ3v) is 3.98. The second-order valence-electron chi connectivity index (χ2n) is 5.55. The standard InChI is InChI=1S/C14H18N4O3/c1-8-6-17(3)4-5-18(8)14(20)10-9(2)21-13-11(10)12(19)15-7-16-13/h7-8H,4-6H2,1-3H3,(H,15,16,19). The minimum atomic E-state index is -0.345. The molecule has 3 heterocycles. The molecule has 1 aliphatic heterocycles. The number of rotatable bonds is 1. The molecule has 1 aliphatic rings. The Bertz CT molecular complexity index is 748. The number of furan rings is 1. The van der Waals surface area contributed by atoms with Gasteiger partial charge >= 0.3 is 0 Å². The van der Waals surface area contributed by atoms with Gasteiger partial charge in [0.25, 0.3) is 11.5 Å². The van der Waals surface area contributed by atoms with Crippen LogP contribution in [-0.2, 0) is 0 Å². The highest BCUT2D eigenvalue weighted by Crippen LogP contribution is 2.23. The van der Waals surface area contributed by atoms with Crippen LogP contribution >= 0.6 is 0 Å². The molecule has 2 aromatic heterocycles. The predicted octanol–water partition coefficient (Wildman–Crippen LogP) is 0.601. The Hall–Kier alpha value is -2.15. The van der Waals surface area contributed by atoms with Gasteiger partial charge in [-0.1, -0.05) is 0 Å². The lowest BCUT2D eigenvalue weighted by molar-refractivity contribution is 0.0533. The van der Waals surface area contributed by atoms with Crippen LogP contribution in [0.3, 0.4) is 0 Å². The Balaban J connectivity index is 2.06. The van der Waals surface area contributed by atoms with Crippen molar-refractivity contribution in [2.45, 2.75) is 19.9 Å². The molecule has 112 valence electrons. The molecule has 1 saturated heterocycles. The number of aromatic nitrogens is 2. The number of hydrogen-bond acceptors (Lipinski definition) is 5. The van der Waals surface area contributed by atoms with Crippen molar-refractivity contribution in [3.8, 4) is 0 Å². The molecule has 3 rings (SSSR count). The Morgan fingerprint density at radius 1 is 1.48 bits per heavy atom. The van der Waals surface area contributed by atoms with Gasteiger partial charge in [0.15, 0.2) is 0 Å². The molecule has 1 atom stereocenters.